The van der Waals surface area contributed by atoms with Crippen LogP contribution in [0.25, 0.3) is 0 Å². The van der Waals surface area contributed by atoms with Gasteiger partial charge >= 0.3 is 0 Å². The lowest BCUT2D eigenvalue weighted by atomic mass is 9.92. The summed E-state index contributed by atoms with van der Waals surface area (Å²) < 4.78 is 0. The highest BCUT2D eigenvalue weighted by molar-refractivity contribution is 14.0. The monoisotopic (exact) mass is 412 g/mol. The number of nitrogens with zero attached hydrogens (tertiary/aromatic N) is 1. The van der Waals surface area contributed by atoms with Crippen molar-refractivity contribution >= 4 is 35.8 Å². The number of carbonyl (C=O) groups is 1. The van der Waals surface area contributed by atoms with Gasteiger partial charge in [0.2, 0.25) is 5.91 Å². The van der Waals surface area contributed by atoms with E-state index in [0.717, 1.165) is 25.5 Å². The average Bonchev–Trinajstić information content (AvgIpc) is 2.36. The van der Waals surface area contributed by atoms with Gasteiger partial charge in [0.05, 0.1) is 12.0 Å². The topological polar surface area (TPSA) is 65.5 Å². The first-order chi connectivity index (χ1) is 9.33. The lowest BCUT2D eigenvalue weighted by Gasteiger charge is -2.22. The van der Waals surface area contributed by atoms with E-state index in [1.54, 1.807) is 0 Å². The van der Waals surface area contributed by atoms with Crippen molar-refractivity contribution in [3.8, 4) is 0 Å². The predicted octanol–water partition coefficient (Wildman–Crippen LogP) is 2.37. The lowest BCUT2D eigenvalue weighted by molar-refractivity contribution is -0.128. The largest absolute Gasteiger partial charge is 0.357 e. The highest BCUT2D eigenvalue weighted by atomic mass is 127. The first-order valence-corrected chi connectivity index (χ1v) is 7.64. The molecule has 0 bridgehead atoms. The number of hydrogen-bond acceptors (Lipinski definition) is 2. The number of aliphatic imine (C=N–C) groups is 1. The zero-order valence-electron chi connectivity index (χ0n) is 14.4. The third-order valence-corrected chi connectivity index (χ3v) is 2.94. The highest BCUT2D eigenvalue weighted by Gasteiger charge is 2.26. The summed E-state index contributed by atoms with van der Waals surface area (Å²) in [6.07, 6.45) is 1.10. The minimum absolute atomic E-state index is 0. The van der Waals surface area contributed by atoms with Crippen molar-refractivity contribution in [3.63, 3.8) is 0 Å². The molecule has 1 amide bonds. The van der Waals surface area contributed by atoms with Gasteiger partial charge in [-0.05, 0) is 40.0 Å². The molecule has 0 aromatic rings. The van der Waals surface area contributed by atoms with E-state index in [9.17, 15) is 4.79 Å². The van der Waals surface area contributed by atoms with Gasteiger partial charge in [-0.1, -0.05) is 13.8 Å². The van der Waals surface area contributed by atoms with Crippen LogP contribution in [0, 0.1) is 11.3 Å². The average molecular weight is 412 g/mol. The van der Waals surface area contributed by atoms with Crippen LogP contribution in [-0.2, 0) is 4.79 Å². The molecule has 5 nitrogen and oxygen atoms in total. The molecule has 0 fully saturated rings. The third-order valence-electron chi connectivity index (χ3n) is 2.94. The molecule has 0 saturated heterocycles. The summed E-state index contributed by atoms with van der Waals surface area (Å²) in [6, 6.07) is 0. The fraction of sp³-hybridized carbons (Fsp3) is 0.867. The van der Waals surface area contributed by atoms with Crippen molar-refractivity contribution < 1.29 is 4.79 Å². The maximum Gasteiger partial charge on any atom is 0.227 e. The zero-order valence-corrected chi connectivity index (χ0v) is 16.7. The SMILES string of the molecule is CCNC(=O)C(C)(C)CN=C(NCC)NCCC(C)C.I. The number of nitrogens with one attached hydrogen (secondary N) is 3. The van der Waals surface area contributed by atoms with E-state index >= 15 is 0 Å². The molecule has 0 aromatic carbocycles. The van der Waals surface area contributed by atoms with Crippen LogP contribution >= 0.6 is 24.0 Å². The first-order valence-electron chi connectivity index (χ1n) is 7.64. The minimum atomic E-state index is -0.490. The smallest absolute Gasteiger partial charge is 0.227 e. The molecule has 0 heterocycles. The van der Waals surface area contributed by atoms with Crippen molar-refractivity contribution in [2.45, 2.75) is 48.0 Å². The van der Waals surface area contributed by atoms with Crippen molar-refractivity contribution in [1.29, 1.82) is 0 Å². The summed E-state index contributed by atoms with van der Waals surface area (Å²) in [6.45, 7) is 15.0. The molecule has 21 heavy (non-hydrogen) atoms. The molecular weight excluding hydrogens is 379 g/mol. The van der Waals surface area contributed by atoms with Crippen LogP contribution < -0.4 is 16.0 Å². The second-order valence-electron chi connectivity index (χ2n) is 6.05. The lowest BCUT2D eigenvalue weighted by Crippen LogP contribution is -2.42. The highest BCUT2D eigenvalue weighted by Crippen LogP contribution is 2.15. The van der Waals surface area contributed by atoms with E-state index in [-0.39, 0.29) is 29.9 Å². The summed E-state index contributed by atoms with van der Waals surface area (Å²) in [5.74, 6) is 1.49. The van der Waals surface area contributed by atoms with E-state index in [0.29, 0.717) is 19.0 Å². The van der Waals surface area contributed by atoms with Crippen LogP contribution in [0.1, 0.15) is 48.0 Å². The van der Waals surface area contributed by atoms with Crippen molar-refractivity contribution in [2.24, 2.45) is 16.3 Å². The summed E-state index contributed by atoms with van der Waals surface area (Å²) >= 11 is 0. The molecule has 0 saturated carbocycles. The predicted molar refractivity (Wildman–Crippen MR) is 101 cm³/mol. The van der Waals surface area contributed by atoms with Crippen LogP contribution in [-0.4, -0.2) is 38.0 Å². The Morgan fingerprint density at radius 3 is 2.14 bits per heavy atom. The molecule has 0 rings (SSSR count). The zero-order chi connectivity index (χ0) is 15.6. The molecule has 0 spiro atoms. The van der Waals surface area contributed by atoms with E-state index in [1.165, 1.54) is 0 Å². The summed E-state index contributed by atoms with van der Waals surface area (Å²) in [4.78, 5) is 16.4. The van der Waals surface area contributed by atoms with E-state index in [1.807, 2.05) is 27.7 Å². The molecule has 3 N–H and O–H groups in total. The Kier molecular flexibility index (Phi) is 13.1. The number of hydrogen-bond donors (Lipinski definition) is 3. The standard InChI is InChI=1S/C15H32N4O.HI/c1-7-16-13(20)15(5,6)11-19-14(17-8-2)18-10-9-12(3)4;/h12H,7-11H2,1-6H3,(H,16,20)(H2,17,18,19);1H. The molecule has 0 aliphatic rings. The third kappa shape index (κ3) is 10.8. The summed E-state index contributed by atoms with van der Waals surface area (Å²) in [5.41, 5.74) is -0.490. The van der Waals surface area contributed by atoms with Gasteiger partial charge in [0, 0.05) is 19.6 Å². The van der Waals surface area contributed by atoms with Gasteiger partial charge in [-0.15, -0.1) is 24.0 Å². The molecule has 6 heteroatoms. The van der Waals surface area contributed by atoms with Crippen LogP contribution in [0.4, 0.5) is 0 Å². The van der Waals surface area contributed by atoms with Gasteiger partial charge in [0.1, 0.15) is 0 Å². The van der Waals surface area contributed by atoms with Crippen molar-refractivity contribution in [3.05, 3.63) is 0 Å². The number of amides is 1. The van der Waals surface area contributed by atoms with Crippen LogP contribution in [0.15, 0.2) is 4.99 Å². The maximum absolute atomic E-state index is 11.9. The Morgan fingerprint density at radius 2 is 1.67 bits per heavy atom. The fourth-order valence-electron chi connectivity index (χ4n) is 1.57. The van der Waals surface area contributed by atoms with Gasteiger partial charge < -0.3 is 16.0 Å². The van der Waals surface area contributed by atoms with Gasteiger partial charge in [-0.3, -0.25) is 9.79 Å². The van der Waals surface area contributed by atoms with Gasteiger partial charge in [-0.2, -0.15) is 0 Å². The molecule has 0 unspecified atom stereocenters. The quantitative estimate of drug-likeness (QED) is 0.326. The Hall–Kier alpha value is -0.530. The van der Waals surface area contributed by atoms with Crippen molar-refractivity contribution in [1.82, 2.24) is 16.0 Å². The molecule has 0 atom stereocenters. The normalized spacial score (nSPS) is 11.9. The Labute approximate surface area is 147 Å². The van der Waals surface area contributed by atoms with Gasteiger partial charge in [-0.25, -0.2) is 0 Å². The Balaban J connectivity index is 0. The number of rotatable bonds is 8. The van der Waals surface area contributed by atoms with Crippen molar-refractivity contribution in [2.75, 3.05) is 26.2 Å². The summed E-state index contributed by atoms with van der Waals surface area (Å²) in [7, 11) is 0. The van der Waals surface area contributed by atoms with Crippen LogP contribution in [0.5, 0.6) is 0 Å². The van der Waals surface area contributed by atoms with Gasteiger partial charge in [0.25, 0.3) is 0 Å². The second kappa shape index (κ2) is 12.1. The first kappa shape index (κ1) is 22.7. The van der Waals surface area contributed by atoms with Crippen LogP contribution in [0.3, 0.4) is 0 Å². The fourth-order valence-corrected chi connectivity index (χ4v) is 1.57. The molecule has 0 aliphatic heterocycles. The minimum Gasteiger partial charge on any atom is -0.357 e. The number of halogens is 1. The molecule has 0 aliphatic carbocycles. The molecule has 126 valence electrons. The molecule has 0 radical (unpaired) electrons. The Bertz CT molecular complexity index is 317. The maximum atomic E-state index is 11.9. The number of guanidine groups is 1. The van der Waals surface area contributed by atoms with E-state index < -0.39 is 5.41 Å². The van der Waals surface area contributed by atoms with Crippen LogP contribution in [0.2, 0.25) is 0 Å². The second-order valence-corrected chi connectivity index (χ2v) is 6.05. The van der Waals surface area contributed by atoms with E-state index in [4.69, 9.17) is 0 Å². The van der Waals surface area contributed by atoms with Gasteiger partial charge in [0.15, 0.2) is 5.96 Å². The Morgan fingerprint density at radius 1 is 1.10 bits per heavy atom. The molecule has 0 aromatic heterocycles. The summed E-state index contributed by atoms with van der Waals surface area (Å²) in [5, 5.41) is 9.36. The van der Waals surface area contributed by atoms with E-state index in [2.05, 4.69) is 34.8 Å². The number of carbonyl (C=O) groups excluding carboxylic acids is 1. The molecular formula is C15H33IN4O.